The van der Waals surface area contributed by atoms with Crippen LogP contribution < -0.4 is 10.6 Å². The van der Waals surface area contributed by atoms with Crippen molar-refractivity contribution in [2.45, 2.75) is 26.3 Å². The van der Waals surface area contributed by atoms with Crippen LogP contribution in [0.4, 0.5) is 0 Å². The van der Waals surface area contributed by atoms with E-state index >= 15 is 0 Å². The number of carbonyl (C=O) groups is 2. The van der Waals surface area contributed by atoms with Crippen molar-refractivity contribution in [3.05, 3.63) is 0 Å². The number of hydrogen-bond acceptors (Lipinski definition) is 3. The highest BCUT2D eigenvalue weighted by Gasteiger charge is 2.31. The smallest absolute Gasteiger partial charge is 0.240 e. The molecular formula is C10H19N3O2. The van der Waals surface area contributed by atoms with Crippen LogP contribution in [0.2, 0.25) is 0 Å². The molecule has 86 valence electrons. The Morgan fingerprint density at radius 3 is 2.80 bits per heavy atom. The summed E-state index contributed by atoms with van der Waals surface area (Å²) in [5, 5.41) is 5.79. The molecule has 1 rings (SSSR count). The monoisotopic (exact) mass is 213 g/mol. The highest BCUT2D eigenvalue weighted by molar-refractivity contribution is 5.89. The molecule has 15 heavy (non-hydrogen) atoms. The van der Waals surface area contributed by atoms with E-state index < -0.39 is 0 Å². The molecule has 0 aromatic carbocycles. The van der Waals surface area contributed by atoms with E-state index in [1.165, 1.54) is 0 Å². The van der Waals surface area contributed by atoms with Gasteiger partial charge in [0.1, 0.15) is 0 Å². The summed E-state index contributed by atoms with van der Waals surface area (Å²) in [6.07, 6.45) is 0.798. The predicted molar refractivity (Wildman–Crippen MR) is 57.3 cm³/mol. The molecule has 1 saturated heterocycles. The number of hydrogen-bond donors (Lipinski definition) is 2. The SMILES string of the molecule is CCNC(=O)CN1CCC(NCC)C1=O. The summed E-state index contributed by atoms with van der Waals surface area (Å²) in [6.45, 7) is 6.09. The Labute approximate surface area is 90.2 Å². The molecule has 0 saturated carbocycles. The molecule has 1 atom stereocenters. The van der Waals surface area contributed by atoms with Gasteiger partial charge in [0.25, 0.3) is 0 Å². The first-order chi connectivity index (χ1) is 7.19. The second kappa shape index (κ2) is 5.70. The minimum Gasteiger partial charge on any atom is -0.355 e. The molecule has 0 aromatic heterocycles. The Bertz CT molecular complexity index is 243. The Balaban J connectivity index is 2.39. The fourth-order valence-electron chi connectivity index (χ4n) is 1.76. The maximum atomic E-state index is 11.7. The predicted octanol–water partition coefficient (Wildman–Crippen LogP) is -0.667. The minimum atomic E-state index is -0.0931. The van der Waals surface area contributed by atoms with E-state index in [2.05, 4.69) is 10.6 Å². The van der Waals surface area contributed by atoms with Crippen LogP contribution in [0.3, 0.4) is 0 Å². The first-order valence-corrected chi connectivity index (χ1v) is 5.47. The normalized spacial score (nSPS) is 20.8. The van der Waals surface area contributed by atoms with Gasteiger partial charge >= 0.3 is 0 Å². The van der Waals surface area contributed by atoms with Gasteiger partial charge in [-0.05, 0) is 19.9 Å². The van der Waals surface area contributed by atoms with E-state index in [4.69, 9.17) is 0 Å². The molecule has 1 aliphatic rings. The van der Waals surface area contributed by atoms with Crippen molar-refractivity contribution in [1.29, 1.82) is 0 Å². The molecule has 2 amide bonds. The molecule has 2 N–H and O–H groups in total. The summed E-state index contributed by atoms with van der Waals surface area (Å²) >= 11 is 0. The number of amides is 2. The molecule has 1 heterocycles. The highest BCUT2D eigenvalue weighted by atomic mass is 16.2. The maximum Gasteiger partial charge on any atom is 0.240 e. The average molecular weight is 213 g/mol. The summed E-state index contributed by atoms with van der Waals surface area (Å²) in [6, 6.07) is -0.0931. The second-order valence-corrected chi connectivity index (χ2v) is 3.61. The number of nitrogens with one attached hydrogen (secondary N) is 2. The van der Waals surface area contributed by atoms with Gasteiger partial charge < -0.3 is 15.5 Å². The molecule has 0 spiro atoms. The van der Waals surface area contributed by atoms with E-state index in [0.29, 0.717) is 13.1 Å². The minimum absolute atomic E-state index is 0.0445. The van der Waals surface area contributed by atoms with E-state index in [-0.39, 0.29) is 24.4 Å². The van der Waals surface area contributed by atoms with Gasteiger partial charge in [-0.1, -0.05) is 6.92 Å². The summed E-state index contributed by atoms with van der Waals surface area (Å²) in [5.74, 6) is -0.0360. The molecule has 1 aliphatic heterocycles. The molecule has 0 aliphatic carbocycles. The number of nitrogens with zero attached hydrogens (tertiary/aromatic N) is 1. The van der Waals surface area contributed by atoms with Crippen molar-refractivity contribution in [3.8, 4) is 0 Å². The third kappa shape index (κ3) is 3.20. The fourth-order valence-corrected chi connectivity index (χ4v) is 1.76. The first-order valence-electron chi connectivity index (χ1n) is 5.47. The second-order valence-electron chi connectivity index (χ2n) is 3.61. The largest absolute Gasteiger partial charge is 0.355 e. The standard InChI is InChI=1S/C10H19N3O2/c1-3-11-8-5-6-13(10(8)15)7-9(14)12-4-2/h8,11H,3-7H2,1-2H3,(H,12,14). The summed E-state index contributed by atoms with van der Waals surface area (Å²) in [4.78, 5) is 24.6. The molecule has 0 aromatic rings. The Kier molecular flexibility index (Phi) is 4.55. The van der Waals surface area contributed by atoms with Gasteiger partial charge in [-0.3, -0.25) is 9.59 Å². The van der Waals surface area contributed by atoms with Gasteiger partial charge in [-0.25, -0.2) is 0 Å². The number of likely N-dealkylation sites (tertiary alicyclic amines) is 1. The molecule has 1 fully saturated rings. The van der Waals surface area contributed by atoms with Crippen LogP contribution in [0.5, 0.6) is 0 Å². The zero-order chi connectivity index (χ0) is 11.3. The lowest BCUT2D eigenvalue weighted by molar-refractivity contribution is -0.134. The zero-order valence-electron chi connectivity index (χ0n) is 9.38. The molecule has 1 unspecified atom stereocenters. The van der Waals surface area contributed by atoms with Gasteiger partial charge in [0.05, 0.1) is 12.6 Å². The van der Waals surface area contributed by atoms with E-state index in [9.17, 15) is 9.59 Å². The molecule has 0 bridgehead atoms. The molecule has 5 nitrogen and oxygen atoms in total. The highest BCUT2D eigenvalue weighted by Crippen LogP contribution is 2.10. The maximum absolute atomic E-state index is 11.7. The van der Waals surface area contributed by atoms with Crippen LogP contribution in [-0.4, -0.2) is 48.9 Å². The zero-order valence-corrected chi connectivity index (χ0v) is 9.38. The van der Waals surface area contributed by atoms with E-state index in [0.717, 1.165) is 13.0 Å². The number of likely N-dealkylation sites (N-methyl/N-ethyl adjacent to an activating group) is 2. The van der Waals surface area contributed by atoms with Crippen LogP contribution in [0, 0.1) is 0 Å². The van der Waals surface area contributed by atoms with Crippen molar-refractivity contribution in [2.24, 2.45) is 0 Å². The van der Waals surface area contributed by atoms with Crippen molar-refractivity contribution in [2.75, 3.05) is 26.2 Å². The lowest BCUT2D eigenvalue weighted by atomic mass is 10.2. The fraction of sp³-hybridized carbons (Fsp3) is 0.800. The third-order valence-corrected chi connectivity index (χ3v) is 2.46. The van der Waals surface area contributed by atoms with Gasteiger partial charge in [-0.15, -0.1) is 0 Å². The van der Waals surface area contributed by atoms with Crippen molar-refractivity contribution >= 4 is 11.8 Å². The third-order valence-electron chi connectivity index (χ3n) is 2.46. The van der Waals surface area contributed by atoms with E-state index in [1.54, 1.807) is 4.90 Å². The molecular weight excluding hydrogens is 194 g/mol. The topological polar surface area (TPSA) is 61.4 Å². The van der Waals surface area contributed by atoms with E-state index in [1.807, 2.05) is 13.8 Å². The Morgan fingerprint density at radius 2 is 2.20 bits per heavy atom. The van der Waals surface area contributed by atoms with Gasteiger partial charge in [0.2, 0.25) is 11.8 Å². The van der Waals surface area contributed by atoms with Crippen LogP contribution in [0.25, 0.3) is 0 Å². The quantitative estimate of drug-likeness (QED) is 0.637. The number of rotatable bonds is 5. The van der Waals surface area contributed by atoms with Gasteiger partial charge in [0, 0.05) is 13.1 Å². The first kappa shape index (κ1) is 12.0. The number of carbonyl (C=O) groups excluding carboxylic acids is 2. The molecule has 5 heteroatoms. The summed E-state index contributed by atoms with van der Waals surface area (Å²) in [5.41, 5.74) is 0. The van der Waals surface area contributed by atoms with Crippen LogP contribution >= 0.6 is 0 Å². The summed E-state index contributed by atoms with van der Waals surface area (Å²) in [7, 11) is 0. The van der Waals surface area contributed by atoms with Crippen LogP contribution in [-0.2, 0) is 9.59 Å². The van der Waals surface area contributed by atoms with Crippen molar-refractivity contribution < 1.29 is 9.59 Å². The molecule has 0 radical (unpaired) electrons. The van der Waals surface area contributed by atoms with Crippen LogP contribution in [0.15, 0.2) is 0 Å². The lowest BCUT2D eigenvalue weighted by Crippen LogP contribution is -2.42. The Hall–Kier alpha value is -1.10. The van der Waals surface area contributed by atoms with Gasteiger partial charge in [-0.2, -0.15) is 0 Å². The van der Waals surface area contributed by atoms with Crippen LogP contribution in [0.1, 0.15) is 20.3 Å². The van der Waals surface area contributed by atoms with Crippen molar-refractivity contribution in [1.82, 2.24) is 15.5 Å². The Morgan fingerprint density at radius 1 is 1.47 bits per heavy atom. The van der Waals surface area contributed by atoms with Gasteiger partial charge in [0.15, 0.2) is 0 Å². The van der Waals surface area contributed by atoms with Crippen molar-refractivity contribution in [3.63, 3.8) is 0 Å². The summed E-state index contributed by atoms with van der Waals surface area (Å²) < 4.78 is 0. The lowest BCUT2D eigenvalue weighted by Gasteiger charge is -2.16. The average Bonchev–Trinajstić information content (AvgIpc) is 2.51.